The zero-order chi connectivity index (χ0) is 30.7. The lowest BCUT2D eigenvalue weighted by atomic mass is 10.0. The van der Waals surface area contributed by atoms with Crippen LogP contribution >= 0.6 is 0 Å². The van der Waals surface area contributed by atoms with Crippen LogP contribution in [0.1, 0.15) is 131 Å². The molecule has 0 aromatic heterocycles. The van der Waals surface area contributed by atoms with Crippen LogP contribution in [0.3, 0.4) is 0 Å². The lowest BCUT2D eigenvalue weighted by Crippen LogP contribution is -2.21. The maximum absolute atomic E-state index is 12.3. The minimum Gasteiger partial charge on any atom is -0.465 e. The maximum atomic E-state index is 12.3. The molecule has 0 rings (SSSR count). The van der Waals surface area contributed by atoms with Crippen LogP contribution in [0, 0.1) is 11.8 Å². The molecular weight excluding hydrogens is 516 g/mol. The highest BCUT2D eigenvalue weighted by Crippen LogP contribution is 2.18. The Hall–Kier alpha value is -3.07. The van der Waals surface area contributed by atoms with Gasteiger partial charge < -0.3 is 14.2 Å². The average Bonchev–Trinajstić information content (AvgIpc) is 2.90. The molecule has 0 aliphatic carbocycles. The van der Waals surface area contributed by atoms with Crippen molar-refractivity contribution in [2.45, 2.75) is 138 Å². The third-order valence-corrected chi connectivity index (χ3v) is 6.16. The lowest BCUT2D eigenvalue weighted by Gasteiger charge is -2.19. The van der Waals surface area contributed by atoms with Crippen molar-refractivity contribution >= 4 is 17.9 Å². The summed E-state index contributed by atoms with van der Waals surface area (Å²) in [5.41, 5.74) is 2.49. The van der Waals surface area contributed by atoms with Crippen LogP contribution in [-0.4, -0.2) is 30.6 Å². The number of carbonyl (C=O) groups is 3. The molecule has 6 heteroatoms. The van der Waals surface area contributed by atoms with Gasteiger partial charge in [0.05, 0.1) is 12.9 Å². The molecule has 0 aliphatic rings. The standard InChI is InChI=1S/C35H54O6/c1-7-8-9-10-11-12-13-14-15-16-17-18-19-23-35(38)39-27-26-33(28-40-31(5)36)34(41-32(6)37)25-24-30(4)22-20-21-29(2)3/h12-13,21,24,28,34H,7-11,14-19,23,25-27H2,1-6H3. The topological polar surface area (TPSA) is 78.9 Å². The first-order valence-electron chi connectivity index (χ1n) is 15.3. The molecule has 0 aromatic carbocycles. The summed E-state index contributed by atoms with van der Waals surface area (Å²) in [6.07, 6.45) is 22.8. The van der Waals surface area contributed by atoms with Gasteiger partial charge in [0, 0.05) is 38.7 Å². The van der Waals surface area contributed by atoms with Crippen molar-refractivity contribution in [1.82, 2.24) is 0 Å². The smallest absolute Gasteiger partial charge is 0.307 e. The molecule has 0 N–H and O–H groups in total. The van der Waals surface area contributed by atoms with E-state index in [0.717, 1.165) is 36.8 Å². The first-order chi connectivity index (χ1) is 19.6. The molecule has 0 aromatic rings. The van der Waals surface area contributed by atoms with Gasteiger partial charge in [0.25, 0.3) is 0 Å². The fraction of sp³-hybridized carbons (Fsp3) is 0.629. The van der Waals surface area contributed by atoms with Crippen LogP contribution in [-0.2, 0) is 28.6 Å². The number of esters is 3. The minimum absolute atomic E-state index is 0.109. The summed E-state index contributed by atoms with van der Waals surface area (Å²) in [6.45, 7) is 10.8. The number of hydrogen-bond acceptors (Lipinski definition) is 6. The van der Waals surface area contributed by atoms with E-state index in [1.165, 1.54) is 65.1 Å². The van der Waals surface area contributed by atoms with Gasteiger partial charge in [0.2, 0.25) is 0 Å². The van der Waals surface area contributed by atoms with Gasteiger partial charge in [0.1, 0.15) is 6.10 Å². The molecule has 6 nitrogen and oxygen atoms in total. The van der Waals surface area contributed by atoms with Gasteiger partial charge >= 0.3 is 17.9 Å². The second-order valence-electron chi connectivity index (χ2n) is 10.6. The van der Waals surface area contributed by atoms with E-state index in [1.54, 1.807) is 0 Å². The highest BCUT2D eigenvalue weighted by Gasteiger charge is 2.18. The summed E-state index contributed by atoms with van der Waals surface area (Å²) in [6, 6.07) is 0. The Balaban J connectivity index is 4.59. The highest BCUT2D eigenvalue weighted by atomic mass is 16.6. The monoisotopic (exact) mass is 570 g/mol. The molecule has 0 heterocycles. The summed E-state index contributed by atoms with van der Waals surface area (Å²) in [5.74, 6) is 4.82. The van der Waals surface area contributed by atoms with Crippen molar-refractivity contribution in [3.05, 3.63) is 47.3 Å². The highest BCUT2D eigenvalue weighted by molar-refractivity contribution is 5.69. The van der Waals surface area contributed by atoms with Gasteiger partial charge in [-0.25, -0.2) is 0 Å². The van der Waals surface area contributed by atoms with E-state index >= 15 is 0 Å². The molecule has 0 spiro atoms. The van der Waals surface area contributed by atoms with Crippen LogP contribution < -0.4 is 0 Å². The Kier molecular flexibility index (Phi) is 23.9. The average molecular weight is 571 g/mol. The van der Waals surface area contributed by atoms with Gasteiger partial charge in [-0.3, -0.25) is 14.4 Å². The Morgan fingerprint density at radius 1 is 0.780 bits per heavy atom. The van der Waals surface area contributed by atoms with Crippen LogP contribution in [0.5, 0.6) is 0 Å². The molecule has 230 valence electrons. The second-order valence-corrected chi connectivity index (χ2v) is 10.6. The van der Waals surface area contributed by atoms with E-state index in [-0.39, 0.29) is 19.0 Å². The van der Waals surface area contributed by atoms with Gasteiger partial charge in [-0.05, 0) is 64.5 Å². The molecule has 0 saturated heterocycles. The summed E-state index contributed by atoms with van der Waals surface area (Å²) < 4.78 is 16.0. The molecular formula is C35H54O6. The number of unbranched alkanes of at least 4 members (excludes halogenated alkanes) is 9. The molecule has 0 amide bonds. The largest absolute Gasteiger partial charge is 0.465 e. The predicted molar refractivity (Wildman–Crippen MR) is 167 cm³/mol. The number of ether oxygens (including phenoxy) is 3. The molecule has 1 unspecified atom stereocenters. The fourth-order valence-corrected chi connectivity index (χ4v) is 3.90. The molecule has 0 radical (unpaired) electrons. The Bertz CT molecular complexity index is 937. The zero-order valence-electron chi connectivity index (χ0n) is 26.5. The van der Waals surface area contributed by atoms with Crippen molar-refractivity contribution in [3.63, 3.8) is 0 Å². The van der Waals surface area contributed by atoms with Gasteiger partial charge in [-0.15, -0.1) is 0 Å². The molecule has 0 aliphatic heterocycles. The Morgan fingerprint density at radius 3 is 2.02 bits per heavy atom. The second kappa shape index (κ2) is 25.9. The Morgan fingerprint density at radius 2 is 1.41 bits per heavy atom. The predicted octanol–water partition coefficient (Wildman–Crippen LogP) is 8.86. The van der Waals surface area contributed by atoms with Gasteiger partial charge in [-0.1, -0.05) is 81.1 Å². The number of rotatable bonds is 21. The minimum atomic E-state index is -0.665. The third kappa shape index (κ3) is 25.6. The van der Waals surface area contributed by atoms with E-state index in [0.29, 0.717) is 18.4 Å². The van der Waals surface area contributed by atoms with Gasteiger partial charge in [-0.2, -0.15) is 0 Å². The molecule has 0 bridgehead atoms. The third-order valence-electron chi connectivity index (χ3n) is 6.16. The zero-order valence-corrected chi connectivity index (χ0v) is 26.5. The summed E-state index contributed by atoms with van der Waals surface area (Å²) >= 11 is 0. The molecule has 1 atom stereocenters. The first-order valence-corrected chi connectivity index (χ1v) is 15.3. The van der Waals surface area contributed by atoms with Crippen LogP contribution in [0.4, 0.5) is 0 Å². The van der Waals surface area contributed by atoms with Crippen molar-refractivity contribution < 1.29 is 28.6 Å². The van der Waals surface area contributed by atoms with E-state index < -0.39 is 18.0 Å². The quantitative estimate of drug-likeness (QED) is 0.0342. The first kappa shape index (κ1) is 37.9. The number of hydrogen-bond donors (Lipinski definition) is 0. The van der Waals surface area contributed by atoms with E-state index in [2.05, 4.69) is 30.9 Å². The summed E-state index contributed by atoms with van der Waals surface area (Å²) in [4.78, 5) is 35.4. The SMILES string of the molecule is CCCCCCC=CCCCCCCCC(=O)OCCC(=COC(C)=O)C(CC=C(C)C#CC=C(C)C)OC(C)=O. The van der Waals surface area contributed by atoms with Crippen molar-refractivity contribution in [3.8, 4) is 11.8 Å². The summed E-state index contributed by atoms with van der Waals surface area (Å²) in [7, 11) is 0. The van der Waals surface area contributed by atoms with Crippen molar-refractivity contribution in [2.24, 2.45) is 0 Å². The normalized spacial score (nSPS) is 12.3. The van der Waals surface area contributed by atoms with E-state index in [1.807, 2.05) is 32.9 Å². The lowest BCUT2D eigenvalue weighted by molar-refractivity contribution is -0.146. The summed E-state index contributed by atoms with van der Waals surface area (Å²) in [5, 5.41) is 0. The molecule has 0 fully saturated rings. The van der Waals surface area contributed by atoms with Gasteiger partial charge in [0.15, 0.2) is 0 Å². The van der Waals surface area contributed by atoms with E-state index in [4.69, 9.17) is 14.2 Å². The Labute approximate surface area is 249 Å². The van der Waals surface area contributed by atoms with Crippen molar-refractivity contribution in [1.29, 1.82) is 0 Å². The van der Waals surface area contributed by atoms with Crippen LogP contribution in [0.25, 0.3) is 0 Å². The number of carbonyl (C=O) groups excluding carboxylic acids is 3. The maximum Gasteiger partial charge on any atom is 0.307 e. The molecule has 41 heavy (non-hydrogen) atoms. The molecule has 0 saturated carbocycles. The van der Waals surface area contributed by atoms with Crippen molar-refractivity contribution in [2.75, 3.05) is 6.61 Å². The van der Waals surface area contributed by atoms with E-state index in [9.17, 15) is 14.4 Å². The van der Waals surface area contributed by atoms with Crippen LogP contribution in [0.2, 0.25) is 0 Å². The number of allylic oxidation sites excluding steroid dienone is 5. The van der Waals surface area contributed by atoms with Crippen LogP contribution in [0.15, 0.2) is 47.3 Å². The fourth-order valence-electron chi connectivity index (χ4n) is 3.90.